The van der Waals surface area contributed by atoms with Gasteiger partial charge in [0.1, 0.15) is 0 Å². The molecule has 2 aromatic rings. The van der Waals surface area contributed by atoms with E-state index in [0.717, 1.165) is 0 Å². The number of aryl methyl sites for hydroxylation is 6. The molecule has 0 unspecified atom stereocenters. The first-order valence-corrected chi connectivity index (χ1v) is 13.4. The Bertz CT molecular complexity index is 850. The summed E-state index contributed by atoms with van der Waals surface area (Å²) in [4.78, 5) is 0. The fourth-order valence-electron chi connectivity index (χ4n) is 4.34. The lowest BCUT2D eigenvalue weighted by Gasteiger charge is -2.41. The lowest BCUT2D eigenvalue weighted by molar-refractivity contribution is -0.0772. The Morgan fingerprint density at radius 2 is 0.909 bits per heavy atom. The maximum Gasteiger partial charge on any atom is 0.333 e. The molecule has 0 atom stereocenters. The highest BCUT2D eigenvalue weighted by molar-refractivity contribution is 7.42. The highest BCUT2D eigenvalue weighted by Crippen LogP contribution is 2.53. The van der Waals surface area contributed by atoms with Crippen molar-refractivity contribution in [2.24, 2.45) is 5.41 Å². The van der Waals surface area contributed by atoms with Crippen molar-refractivity contribution in [1.82, 2.24) is 0 Å². The van der Waals surface area contributed by atoms with Gasteiger partial charge >= 0.3 is 17.2 Å². The standard InChI is InChI=1S/C25H34O6P2/c1-17-7-19(3)23(20(4)8-17)11-26-32-28-13-25(14-29-32)15-30-33(31-16-25)27-12-24-21(5)9-18(2)10-22(24)6/h7-10H,11-16H2,1-6H3. The van der Waals surface area contributed by atoms with Crippen molar-refractivity contribution in [3.05, 3.63) is 68.8 Å². The predicted octanol–water partition coefficient (Wildman–Crippen LogP) is 6.80. The van der Waals surface area contributed by atoms with Crippen molar-refractivity contribution in [3.8, 4) is 0 Å². The summed E-state index contributed by atoms with van der Waals surface area (Å²) in [7, 11) is -2.75. The molecule has 1 spiro atoms. The average Bonchev–Trinajstić information content (AvgIpc) is 2.75. The minimum Gasteiger partial charge on any atom is -0.311 e. The van der Waals surface area contributed by atoms with Crippen LogP contribution in [0.25, 0.3) is 0 Å². The van der Waals surface area contributed by atoms with Crippen molar-refractivity contribution in [2.75, 3.05) is 26.4 Å². The Balaban J connectivity index is 1.22. The zero-order valence-corrected chi connectivity index (χ0v) is 22.2. The van der Waals surface area contributed by atoms with Gasteiger partial charge in [-0.3, -0.25) is 0 Å². The molecular weight excluding hydrogens is 458 g/mol. The summed E-state index contributed by atoms with van der Waals surface area (Å²) >= 11 is 0. The molecule has 8 heteroatoms. The Kier molecular flexibility index (Phi) is 8.21. The Morgan fingerprint density at radius 3 is 1.21 bits per heavy atom. The monoisotopic (exact) mass is 492 g/mol. The van der Waals surface area contributed by atoms with Crippen LogP contribution in [0.5, 0.6) is 0 Å². The first-order valence-electron chi connectivity index (χ1n) is 11.3. The van der Waals surface area contributed by atoms with Crippen molar-refractivity contribution in [2.45, 2.75) is 54.8 Å². The molecule has 2 fully saturated rings. The van der Waals surface area contributed by atoms with Crippen LogP contribution in [0.15, 0.2) is 24.3 Å². The summed E-state index contributed by atoms with van der Waals surface area (Å²) in [5.41, 5.74) is 9.53. The van der Waals surface area contributed by atoms with E-state index < -0.39 is 17.2 Å². The lowest BCUT2D eigenvalue weighted by Crippen LogP contribution is -2.44. The van der Waals surface area contributed by atoms with Crippen molar-refractivity contribution < 1.29 is 27.1 Å². The molecule has 6 nitrogen and oxygen atoms in total. The van der Waals surface area contributed by atoms with Gasteiger partial charge < -0.3 is 27.1 Å². The van der Waals surface area contributed by atoms with Crippen LogP contribution in [0.2, 0.25) is 0 Å². The lowest BCUT2D eigenvalue weighted by atomic mass is 9.93. The molecule has 180 valence electrons. The van der Waals surface area contributed by atoms with Crippen LogP contribution in [-0.4, -0.2) is 26.4 Å². The van der Waals surface area contributed by atoms with Crippen LogP contribution in [-0.2, 0) is 40.4 Å². The van der Waals surface area contributed by atoms with Crippen LogP contribution in [0, 0.1) is 47.0 Å². The minimum atomic E-state index is -1.37. The summed E-state index contributed by atoms with van der Waals surface area (Å²) in [5, 5.41) is 0. The Morgan fingerprint density at radius 1 is 0.606 bits per heavy atom. The zero-order valence-electron chi connectivity index (χ0n) is 20.4. The predicted molar refractivity (Wildman–Crippen MR) is 131 cm³/mol. The maximum atomic E-state index is 5.96. The molecule has 2 aromatic carbocycles. The smallest absolute Gasteiger partial charge is 0.311 e. The van der Waals surface area contributed by atoms with Crippen LogP contribution in [0.3, 0.4) is 0 Å². The molecule has 0 aromatic heterocycles. The molecule has 4 rings (SSSR count). The first-order chi connectivity index (χ1) is 15.7. The van der Waals surface area contributed by atoms with Gasteiger partial charge in [-0.2, -0.15) is 0 Å². The largest absolute Gasteiger partial charge is 0.333 e. The quantitative estimate of drug-likeness (QED) is 0.413. The molecule has 0 bridgehead atoms. The van der Waals surface area contributed by atoms with E-state index in [9.17, 15) is 0 Å². The second-order valence-electron chi connectivity index (χ2n) is 9.34. The van der Waals surface area contributed by atoms with Gasteiger partial charge in [-0.25, -0.2) is 0 Å². The summed E-state index contributed by atoms with van der Waals surface area (Å²) in [6.07, 6.45) is 0. The highest BCUT2D eigenvalue weighted by Gasteiger charge is 2.44. The van der Waals surface area contributed by atoms with E-state index in [4.69, 9.17) is 27.1 Å². The van der Waals surface area contributed by atoms with Gasteiger partial charge in [-0.1, -0.05) is 35.4 Å². The molecule has 0 saturated carbocycles. The van der Waals surface area contributed by atoms with Crippen molar-refractivity contribution >= 4 is 17.2 Å². The molecule has 2 aliphatic heterocycles. The van der Waals surface area contributed by atoms with Crippen LogP contribution < -0.4 is 0 Å². The van der Waals surface area contributed by atoms with Crippen molar-refractivity contribution in [1.29, 1.82) is 0 Å². The number of hydrogen-bond acceptors (Lipinski definition) is 6. The zero-order chi connectivity index (χ0) is 23.6. The van der Waals surface area contributed by atoms with E-state index in [-0.39, 0.29) is 5.41 Å². The van der Waals surface area contributed by atoms with Gasteiger partial charge in [0.15, 0.2) is 0 Å². The molecule has 0 amide bonds. The van der Waals surface area contributed by atoms with E-state index in [2.05, 4.69) is 65.8 Å². The van der Waals surface area contributed by atoms with Crippen molar-refractivity contribution in [3.63, 3.8) is 0 Å². The van der Waals surface area contributed by atoms with E-state index in [1.165, 1.54) is 44.5 Å². The number of hydrogen-bond donors (Lipinski definition) is 0. The second kappa shape index (κ2) is 10.8. The fourth-order valence-corrected chi connectivity index (χ4v) is 6.78. The number of rotatable bonds is 6. The van der Waals surface area contributed by atoms with Crippen LogP contribution in [0.4, 0.5) is 0 Å². The molecule has 33 heavy (non-hydrogen) atoms. The summed E-state index contributed by atoms with van der Waals surface area (Å²) in [5.74, 6) is 0. The second-order valence-corrected chi connectivity index (χ2v) is 11.8. The molecule has 2 aliphatic rings. The van der Waals surface area contributed by atoms with Gasteiger partial charge in [-0.15, -0.1) is 0 Å². The molecule has 2 heterocycles. The van der Waals surface area contributed by atoms with Gasteiger partial charge in [0.2, 0.25) is 0 Å². The van der Waals surface area contributed by atoms with Crippen LogP contribution >= 0.6 is 17.2 Å². The third-order valence-electron chi connectivity index (χ3n) is 6.21. The Hall–Kier alpha value is -0.940. The summed E-state index contributed by atoms with van der Waals surface area (Å²) in [6, 6.07) is 8.70. The van der Waals surface area contributed by atoms with Gasteiger partial charge in [0.05, 0.1) is 45.1 Å². The topological polar surface area (TPSA) is 55.4 Å². The average molecular weight is 492 g/mol. The van der Waals surface area contributed by atoms with Gasteiger partial charge in [0.25, 0.3) is 0 Å². The molecule has 0 radical (unpaired) electrons. The van der Waals surface area contributed by atoms with E-state index in [0.29, 0.717) is 39.6 Å². The molecular formula is C25H34O6P2. The number of benzene rings is 2. The van der Waals surface area contributed by atoms with Gasteiger partial charge in [0, 0.05) is 0 Å². The summed E-state index contributed by atoms with van der Waals surface area (Å²) in [6.45, 7) is 15.6. The highest BCUT2D eigenvalue weighted by atomic mass is 31.2. The Labute approximate surface area is 199 Å². The van der Waals surface area contributed by atoms with E-state index in [1.807, 2.05) is 0 Å². The third kappa shape index (κ3) is 6.20. The van der Waals surface area contributed by atoms with E-state index in [1.54, 1.807) is 0 Å². The first kappa shape index (κ1) is 25.2. The maximum absolute atomic E-state index is 5.96. The van der Waals surface area contributed by atoms with Gasteiger partial charge in [-0.05, 0) is 74.9 Å². The molecule has 2 saturated heterocycles. The SMILES string of the molecule is Cc1cc(C)c(COP2OCC3(CO2)COP(OCc2c(C)cc(C)cc2C)OC3)c(C)c1. The molecule has 0 aliphatic carbocycles. The normalized spacial score (nSPS) is 25.5. The fraction of sp³-hybridized carbons (Fsp3) is 0.520. The minimum absolute atomic E-state index is 0.310. The molecule has 0 N–H and O–H groups in total. The third-order valence-corrected chi connectivity index (χ3v) is 8.25. The van der Waals surface area contributed by atoms with E-state index >= 15 is 0 Å². The summed E-state index contributed by atoms with van der Waals surface area (Å²) < 4.78 is 35.6. The van der Waals surface area contributed by atoms with Crippen LogP contribution in [0.1, 0.15) is 44.5 Å².